The molecule has 0 saturated heterocycles. The molecule has 5 nitrogen and oxygen atoms in total. The molecule has 114 valence electrons. The lowest BCUT2D eigenvalue weighted by Crippen LogP contribution is -2.49. The Balaban J connectivity index is 0.00000176. The predicted molar refractivity (Wildman–Crippen MR) is 90.1 cm³/mol. The Morgan fingerprint density at radius 2 is 1.95 bits per heavy atom. The summed E-state index contributed by atoms with van der Waals surface area (Å²) in [6, 6.07) is 13.5. The molecule has 0 aliphatic carbocycles. The number of amides is 1. The molecule has 2 heterocycles. The van der Waals surface area contributed by atoms with Gasteiger partial charge in [0.05, 0.1) is 0 Å². The van der Waals surface area contributed by atoms with Crippen molar-refractivity contribution in [2.24, 2.45) is 4.99 Å². The molecule has 0 atom stereocenters. The number of aromatic nitrogens is 1. The van der Waals surface area contributed by atoms with E-state index < -0.39 is 0 Å². The summed E-state index contributed by atoms with van der Waals surface area (Å²) >= 11 is 5.66. The first-order chi connectivity index (χ1) is 10.3. The molecule has 1 aromatic heterocycles. The maximum atomic E-state index is 12.0. The number of hydrogen-bond acceptors (Lipinski definition) is 4. The molecule has 0 bridgehead atoms. The molecule has 7 heteroatoms. The van der Waals surface area contributed by atoms with Gasteiger partial charge in [0.1, 0.15) is 17.4 Å². The molecular weight excluding hydrogens is 323 g/mol. The van der Waals surface area contributed by atoms with Crippen molar-refractivity contribution in [1.82, 2.24) is 10.4 Å². The molecule has 1 amide bonds. The monoisotopic (exact) mass is 336 g/mol. The molecule has 1 N–H and O–H groups in total. The van der Waals surface area contributed by atoms with Gasteiger partial charge in [-0.05, 0) is 17.7 Å². The average Bonchev–Trinajstić information content (AvgIpc) is 2.54. The number of pyridine rings is 1. The zero-order valence-electron chi connectivity index (χ0n) is 11.6. The van der Waals surface area contributed by atoms with E-state index >= 15 is 0 Å². The van der Waals surface area contributed by atoms with Gasteiger partial charge in [0.2, 0.25) is 0 Å². The lowest BCUT2D eigenvalue weighted by atomic mass is 10.1. The first kappa shape index (κ1) is 16.3. The van der Waals surface area contributed by atoms with E-state index in [2.05, 4.69) is 15.4 Å². The van der Waals surface area contributed by atoms with Crippen LogP contribution in [0.1, 0.15) is 5.56 Å². The van der Waals surface area contributed by atoms with Gasteiger partial charge in [0, 0.05) is 12.6 Å². The summed E-state index contributed by atoms with van der Waals surface area (Å²) in [6.45, 7) is 0. The third-order valence-electron chi connectivity index (χ3n) is 3.05. The molecular formula is C15H14Cl2N4O. The van der Waals surface area contributed by atoms with Crippen LogP contribution in [0.2, 0.25) is 0 Å². The van der Waals surface area contributed by atoms with Crippen LogP contribution in [0.25, 0.3) is 0 Å². The standard InChI is InChI=1S/C15H13ClN4O.ClH/c16-10-14(21)20-15-12(7-4-8-17-15)18-13(19-20)9-11-5-2-1-3-6-11;/h1-8H,9-10H2,(H,18,19);1H. The van der Waals surface area contributed by atoms with Crippen LogP contribution in [0.5, 0.6) is 0 Å². The minimum absolute atomic E-state index is 0. The summed E-state index contributed by atoms with van der Waals surface area (Å²) in [4.78, 5) is 20.7. The number of alkyl halides is 1. The number of anilines is 1. The van der Waals surface area contributed by atoms with Crippen LogP contribution in [0, 0.1) is 0 Å². The Morgan fingerprint density at radius 1 is 1.18 bits per heavy atom. The number of carbonyl (C=O) groups excluding carboxylic acids is 1. The van der Waals surface area contributed by atoms with Crippen molar-refractivity contribution in [2.75, 3.05) is 10.9 Å². The van der Waals surface area contributed by atoms with Crippen molar-refractivity contribution >= 4 is 47.3 Å². The fourth-order valence-electron chi connectivity index (χ4n) is 2.11. The highest BCUT2D eigenvalue weighted by atomic mass is 35.5. The third kappa shape index (κ3) is 3.37. The molecule has 1 aliphatic rings. The van der Waals surface area contributed by atoms with Crippen molar-refractivity contribution in [1.29, 1.82) is 0 Å². The van der Waals surface area contributed by atoms with E-state index in [0.717, 1.165) is 5.56 Å². The number of amidine groups is 1. The number of nitrogens with one attached hydrogen (secondary N) is 1. The van der Waals surface area contributed by atoms with Crippen LogP contribution in [0.4, 0.5) is 11.5 Å². The fourth-order valence-corrected chi connectivity index (χ4v) is 2.23. The summed E-state index contributed by atoms with van der Waals surface area (Å²) in [6.07, 6.45) is 2.22. The predicted octanol–water partition coefficient (Wildman–Crippen LogP) is 2.87. The number of nitrogens with zero attached hydrogens (tertiary/aromatic N) is 3. The van der Waals surface area contributed by atoms with E-state index in [0.29, 0.717) is 23.8 Å². The number of hydrazine groups is 1. The lowest BCUT2D eigenvalue weighted by Gasteiger charge is -2.28. The zero-order valence-corrected chi connectivity index (χ0v) is 13.1. The maximum Gasteiger partial charge on any atom is 0.262 e. The molecule has 0 spiro atoms. The van der Waals surface area contributed by atoms with Crippen molar-refractivity contribution in [3.8, 4) is 0 Å². The smallest absolute Gasteiger partial charge is 0.262 e. The van der Waals surface area contributed by atoms with Crippen LogP contribution in [0.15, 0.2) is 53.7 Å². The Bertz CT molecular complexity index is 691. The Labute approximate surface area is 139 Å². The number of benzene rings is 1. The number of rotatable bonds is 3. The number of halogens is 2. The summed E-state index contributed by atoms with van der Waals surface area (Å²) in [5.74, 6) is 0.763. The highest BCUT2D eigenvalue weighted by molar-refractivity contribution is 6.29. The second-order valence-corrected chi connectivity index (χ2v) is 4.81. The van der Waals surface area contributed by atoms with E-state index in [4.69, 9.17) is 11.6 Å². The highest BCUT2D eigenvalue weighted by Crippen LogP contribution is 2.28. The molecule has 0 fully saturated rings. The fraction of sp³-hybridized carbons (Fsp3) is 0.133. The second-order valence-electron chi connectivity index (χ2n) is 4.54. The van der Waals surface area contributed by atoms with Crippen molar-refractivity contribution in [3.05, 3.63) is 54.2 Å². The normalized spacial score (nSPS) is 12.6. The maximum absolute atomic E-state index is 12.0. The first-order valence-electron chi connectivity index (χ1n) is 6.50. The Morgan fingerprint density at radius 3 is 2.68 bits per heavy atom. The molecule has 1 aliphatic heterocycles. The van der Waals surface area contributed by atoms with E-state index in [1.807, 2.05) is 36.4 Å². The molecule has 2 aromatic rings. The van der Waals surface area contributed by atoms with E-state index in [1.165, 1.54) is 5.01 Å². The third-order valence-corrected chi connectivity index (χ3v) is 3.28. The number of hydrogen-bond donors (Lipinski definition) is 1. The molecule has 0 radical (unpaired) electrons. The van der Waals surface area contributed by atoms with E-state index in [1.54, 1.807) is 12.3 Å². The van der Waals surface area contributed by atoms with Gasteiger partial charge in [-0.25, -0.2) is 15.0 Å². The van der Waals surface area contributed by atoms with Crippen LogP contribution in [-0.4, -0.2) is 22.6 Å². The van der Waals surface area contributed by atoms with E-state index in [-0.39, 0.29) is 24.2 Å². The Hall–Kier alpha value is -2.11. The number of carbonyl (C=O) groups is 1. The first-order valence-corrected chi connectivity index (χ1v) is 7.03. The van der Waals surface area contributed by atoms with Gasteiger partial charge in [-0.2, -0.15) is 0 Å². The lowest BCUT2D eigenvalue weighted by molar-refractivity contribution is -0.116. The largest absolute Gasteiger partial charge is 0.276 e. The van der Waals surface area contributed by atoms with Crippen molar-refractivity contribution in [2.45, 2.75) is 6.42 Å². The summed E-state index contributed by atoms with van der Waals surface area (Å²) < 4.78 is 0. The zero-order chi connectivity index (χ0) is 14.7. The van der Waals surface area contributed by atoms with Gasteiger partial charge in [-0.1, -0.05) is 30.3 Å². The quantitative estimate of drug-likeness (QED) is 0.877. The highest BCUT2D eigenvalue weighted by Gasteiger charge is 2.24. The average molecular weight is 337 g/mol. The second kappa shape index (κ2) is 7.24. The van der Waals surface area contributed by atoms with Gasteiger partial charge >= 0.3 is 0 Å². The van der Waals surface area contributed by atoms with Gasteiger partial charge in [0.25, 0.3) is 5.91 Å². The molecule has 3 rings (SSSR count). The van der Waals surface area contributed by atoms with Crippen LogP contribution < -0.4 is 10.4 Å². The topological polar surface area (TPSA) is 57.6 Å². The van der Waals surface area contributed by atoms with Gasteiger partial charge in [-0.15, -0.1) is 24.0 Å². The van der Waals surface area contributed by atoms with Crippen molar-refractivity contribution in [3.63, 3.8) is 0 Å². The van der Waals surface area contributed by atoms with Gasteiger partial charge in [-0.3, -0.25) is 10.2 Å². The summed E-state index contributed by atoms with van der Waals surface area (Å²) in [7, 11) is 0. The van der Waals surface area contributed by atoms with Gasteiger partial charge in [0.15, 0.2) is 5.82 Å². The molecule has 0 saturated carbocycles. The van der Waals surface area contributed by atoms with Crippen LogP contribution >= 0.6 is 24.0 Å². The summed E-state index contributed by atoms with van der Waals surface area (Å²) in [5.41, 5.74) is 4.75. The molecule has 22 heavy (non-hydrogen) atoms. The van der Waals surface area contributed by atoms with E-state index in [9.17, 15) is 4.79 Å². The van der Waals surface area contributed by atoms with Crippen LogP contribution in [-0.2, 0) is 11.2 Å². The Kier molecular flexibility index (Phi) is 5.35. The number of aliphatic imine (C=N–C) groups is 1. The summed E-state index contributed by atoms with van der Waals surface area (Å²) in [5, 5.41) is 1.35. The van der Waals surface area contributed by atoms with Crippen molar-refractivity contribution < 1.29 is 4.79 Å². The molecule has 0 unspecified atom stereocenters. The molecule has 1 aromatic carbocycles. The minimum Gasteiger partial charge on any atom is -0.276 e. The van der Waals surface area contributed by atoms with Gasteiger partial charge < -0.3 is 0 Å². The minimum atomic E-state index is -0.267. The van der Waals surface area contributed by atoms with Crippen LogP contribution in [0.3, 0.4) is 0 Å². The number of fused-ring (bicyclic) bond motifs is 1. The SMILES string of the molecule is Cl.O=C(CCl)N1NC(Cc2ccccc2)=Nc2cccnc21.